The predicted octanol–water partition coefficient (Wildman–Crippen LogP) is 2.14. The highest BCUT2D eigenvalue weighted by Crippen LogP contribution is 1.94. The summed E-state index contributed by atoms with van der Waals surface area (Å²) in [6.45, 7) is 10.3. The Morgan fingerprint density at radius 3 is 2.00 bits per heavy atom. The van der Waals surface area contributed by atoms with Crippen LogP contribution in [-0.2, 0) is 0 Å². The van der Waals surface area contributed by atoms with E-state index in [0.717, 1.165) is 19.5 Å². The third-order valence-electron chi connectivity index (χ3n) is 1.80. The van der Waals surface area contributed by atoms with Crippen molar-refractivity contribution in [2.75, 3.05) is 13.1 Å². The molecule has 0 radical (unpaired) electrons. The second kappa shape index (κ2) is 13.5. The van der Waals surface area contributed by atoms with E-state index in [9.17, 15) is 0 Å². The minimum Gasteiger partial charge on any atom is -0.330 e. The van der Waals surface area contributed by atoms with E-state index in [-0.39, 0.29) is 0 Å². The molecular formula is C10H26N2. The number of rotatable bonds is 6. The maximum absolute atomic E-state index is 5.36. The smallest absolute Gasteiger partial charge is 0.00618 e. The molecule has 0 aromatic carbocycles. The highest BCUT2D eigenvalue weighted by atomic mass is 14.9. The normalized spacial score (nSPS) is 9.50. The van der Waals surface area contributed by atoms with Gasteiger partial charge in [0.05, 0.1) is 0 Å². The van der Waals surface area contributed by atoms with Gasteiger partial charge in [-0.1, -0.05) is 27.7 Å². The van der Waals surface area contributed by atoms with Crippen molar-refractivity contribution in [3.05, 3.63) is 0 Å². The Morgan fingerprint density at radius 2 is 1.67 bits per heavy atom. The fourth-order valence-electron chi connectivity index (χ4n) is 0.986. The van der Waals surface area contributed by atoms with Gasteiger partial charge in [-0.3, -0.25) is 0 Å². The molecule has 76 valence electrons. The van der Waals surface area contributed by atoms with Gasteiger partial charge in [0.15, 0.2) is 0 Å². The lowest BCUT2D eigenvalue weighted by molar-refractivity contribution is 0.481. The first-order valence-corrected chi connectivity index (χ1v) is 5.28. The van der Waals surface area contributed by atoms with Gasteiger partial charge in [-0.15, -0.1) is 0 Å². The molecule has 0 amide bonds. The standard InChI is InChI=1S/C8H20N2.C2H6/c1-3-8(4-2)10-7-5-6-9;1-2/h8,10H,3-7,9H2,1-2H3;1-2H3. The summed E-state index contributed by atoms with van der Waals surface area (Å²) in [5.74, 6) is 0. The van der Waals surface area contributed by atoms with Crippen molar-refractivity contribution in [2.24, 2.45) is 5.73 Å². The van der Waals surface area contributed by atoms with E-state index in [1.54, 1.807) is 0 Å². The lowest BCUT2D eigenvalue weighted by Crippen LogP contribution is -2.29. The summed E-state index contributed by atoms with van der Waals surface area (Å²) in [7, 11) is 0. The Bertz CT molecular complexity index is 60.9. The van der Waals surface area contributed by atoms with Crippen LogP contribution in [0.3, 0.4) is 0 Å². The molecule has 0 rings (SSSR count). The van der Waals surface area contributed by atoms with Crippen LogP contribution in [0, 0.1) is 0 Å². The molecule has 2 nitrogen and oxygen atoms in total. The average Bonchev–Trinajstić information content (AvgIpc) is 2.16. The lowest BCUT2D eigenvalue weighted by atomic mass is 10.2. The zero-order valence-electron chi connectivity index (χ0n) is 9.19. The Morgan fingerprint density at radius 1 is 1.17 bits per heavy atom. The molecule has 0 saturated carbocycles. The lowest BCUT2D eigenvalue weighted by Gasteiger charge is -2.13. The molecule has 0 bridgehead atoms. The van der Waals surface area contributed by atoms with Gasteiger partial charge in [0.2, 0.25) is 0 Å². The second-order valence-corrected chi connectivity index (χ2v) is 2.61. The molecule has 0 unspecified atom stereocenters. The SMILES string of the molecule is CC.CCC(CC)NCCCN. The third kappa shape index (κ3) is 9.92. The number of hydrogen-bond donors (Lipinski definition) is 2. The van der Waals surface area contributed by atoms with Crippen molar-refractivity contribution in [3.63, 3.8) is 0 Å². The van der Waals surface area contributed by atoms with Gasteiger partial charge in [-0.2, -0.15) is 0 Å². The van der Waals surface area contributed by atoms with Gasteiger partial charge < -0.3 is 11.1 Å². The molecule has 0 fully saturated rings. The molecule has 2 heteroatoms. The number of hydrogen-bond acceptors (Lipinski definition) is 2. The summed E-state index contributed by atoms with van der Waals surface area (Å²) < 4.78 is 0. The number of nitrogens with one attached hydrogen (secondary N) is 1. The van der Waals surface area contributed by atoms with Gasteiger partial charge in [-0.25, -0.2) is 0 Å². The van der Waals surface area contributed by atoms with E-state index in [4.69, 9.17) is 5.73 Å². The van der Waals surface area contributed by atoms with Crippen molar-refractivity contribution in [3.8, 4) is 0 Å². The van der Waals surface area contributed by atoms with Crippen LogP contribution in [0.25, 0.3) is 0 Å². The van der Waals surface area contributed by atoms with E-state index in [1.807, 2.05) is 13.8 Å². The van der Waals surface area contributed by atoms with E-state index < -0.39 is 0 Å². The minimum absolute atomic E-state index is 0.701. The van der Waals surface area contributed by atoms with Crippen molar-refractivity contribution in [1.82, 2.24) is 5.32 Å². The van der Waals surface area contributed by atoms with Crippen molar-refractivity contribution in [1.29, 1.82) is 0 Å². The molecular weight excluding hydrogens is 148 g/mol. The van der Waals surface area contributed by atoms with Gasteiger partial charge >= 0.3 is 0 Å². The van der Waals surface area contributed by atoms with Crippen molar-refractivity contribution < 1.29 is 0 Å². The van der Waals surface area contributed by atoms with Crippen LogP contribution in [0.15, 0.2) is 0 Å². The molecule has 0 aliphatic carbocycles. The van der Waals surface area contributed by atoms with E-state index in [2.05, 4.69) is 19.2 Å². The highest BCUT2D eigenvalue weighted by Gasteiger charge is 1.99. The monoisotopic (exact) mass is 174 g/mol. The first-order valence-electron chi connectivity index (χ1n) is 5.28. The molecule has 0 aliphatic rings. The fraction of sp³-hybridized carbons (Fsp3) is 1.00. The average molecular weight is 174 g/mol. The summed E-state index contributed by atoms with van der Waals surface area (Å²) >= 11 is 0. The van der Waals surface area contributed by atoms with Gasteiger partial charge in [0.25, 0.3) is 0 Å². The molecule has 12 heavy (non-hydrogen) atoms. The summed E-state index contributed by atoms with van der Waals surface area (Å²) in [5.41, 5.74) is 5.36. The van der Waals surface area contributed by atoms with Crippen LogP contribution >= 0.6 is 0 Å². The van der Waals surface area contributed by atoms with E-state index in [1.165, 1.54) is 12.8 Å². The quantitative estimate of drug-likeness (QED) is 0.605. The maximum Gasteiger partial charge on any atom is 0.00618 e. The fourth-order valence-corrected chi connectivity index (χ4v) is 0.986. The molecule has 0 saturated heterocycles. The molecule has 0 aromatic heterocycles. The van der Waals surface area contributed by atoms with Crippen molar-refractivity contribution >= 4 is 0 Å². The summed E-state index contributed by atoms with van der Waals surface area (Å²) in [5, 5.41) is 3.44. The Hall–Kier alpha value is -0.0800. The van der Waals surface area contributed by atoms with Gasteiger partial charge in [0.1, 0.15) is 0 Å². The van der Waals surface area contributed by atoms with Crippen LogP contribution in [0.1, 0.15) is 47.0 Å². The molecule has 0 atom stereocenters. The zero-order chi connectivity index (χ0) is 9.82. The number of nitrogens with two attached hydrogens (primary N) is 1. The van der Waals surface area contributed by atoms with Crippen LogP contribution in [-0.4, -0.2) is 19.1 Å². The topological polar surface area (TPSA) is 38.0 Å². The summed E-state index contributed by atoms with van der Waals surface area (Å²) in [4.78, 5) is 0. The highest BCUT2D eigenvalue weighted by molar-refractivity contribution is 4.61. The summed E-state index contributed by atoms with van der Waals surface area (Å²) in [6.07, 6.45) is 3.54. The van der Waals surface area contributed by atoms with Gasteiger partial charge in [0, 0.05) is 6.04 Å². The maximum atomic E-state index is 5.36. The van der Waals surface area contributed by atoms with Crippen molar-refractivity contribution in [2.45, 2.75) is 53.0 Å². The van der Waals surface area contributed by atoms with E-state index >= 15 is 0 Å². The Balaban J connectivity index is 0. The Labute approximate surface area is 77.9 Å². The molecule has 0 heterocycles. The largest absolute Gasteiger partial charge is 0.330 e. The molecule has 0 aromatic rings. The predicted molar refractivity (Wildman–Crippen MR) is 57.4 cm³/mol. The zero-order valence-corrected chi connectivity index (χ0v) is 9.19. The van der Waals surface area contributed by atoms with Crippen LogP contribution < -0.4 is 11.1 Å². The van der Waals surface area contributed by atoms with E-state index in [0.29, 0.717) is 6.04 Å². The second-order valence-electron chi connectivity index (χ2n) is 2.61. The third-order valence-corrected chi connectivity index (χ3v) is 1.80. The molecule has 3 N–H and O–H groups in total. The first kappa shape index (κ1) is 14.4. The van der Waals surface area contributed by atoms with Crippen LogP contribution in [0.5, 0.6) is 0 Å². The Kier molecular flexibility index (Phi) is 16.3. The van der Waals surface area contributed by atoms with Gasteiger partial charge in [-0.05, 0) is 32.4 Å². The molecule has 0 aliphatic heterocycles. The van der Waals surface area contributed by atoms with Crippen LogP contribution in [0.4, 0.5) is 0 Å². The first-order chi connectivity index (χ1) is 5.85. The minimum atomic E-state index is 0.701. The summed E-state index contributed by atoms with van der Waals surface area (Å²) in [6, 6.07) is 0.701. The van der Waals surface area contributed by atoms with Crippen LogP contribution in [0.2, 0.25) is 0 Å². The molecule has 0 spiro atoms.